The molecule has 0 aromatic rings. The zero-order valence-electron chi connectivity index (χ0n) is 9.02. The second-order valence-electron chi connectivity index (χ2n) is 6.78. The van der Waals surface area contributed by atoms with Crippen molar-refractivity contribution in [2.45, 2.75) is 20.7 Å². The maximum absolute atomic E-state index is 9.50. The summed E-state index contributed by atoms with van der Waals surface area (Å²) in [6.45, 7) is 0.430. The van der Waals surface area contributed by atoms with Gasteiger partial charge in [0.1, 0.15) is 0 Å². The number of aliphatic hydroxyl groups excluding tert-OH is 1. The van der Waals surface area contributed by atoms with Crippen LogP contribution in [0.3, 0.4) is 0 Å². The summed E-state index contributed by atoms with van der Waals surface area (Å²) < 4.78 is 1.86. The maximum Gasteiger partial charge on any atom is 0.0436 e. The molecule has 0 unspecified atom stereocenters. The molecular weight excluding hydrogens is 426 g/mol. The minimum Gasteiger partial charge on any atom is -0.396 e. The lowest BCUT2D eigenvalue weighted by molar-refractivity contribution is 0.0361. The van der Waals surface area contributed by atoms with Crippen molar-refractivity contribution < 1.29 is 5.11 Å². The van der Waals surface area contributed by atoms with E-state index in [1.54, 1.807) is 6.42 Å². The SMILES string of the molecule is OCC[C@]12[C@@H]3[C@@H](I)[C@@H]4[C@H]5C[C@H]([C@@H]([C@H]53)[C@H]1I)[C@@H]42. The van der Waals surface area contributed by atoms with Gasteiger partial charge in [0.2, 0.25) is 0 Å². The monoisotopic (exact) mass is 442 g/mol. The van der Waals surface area contributed by atoms with Gasteiger partial charge in [0.25, 0.3) is 0 Å². The summed E-state index contributed by atoms with van der Waals surface area (Å²) in [5.41, 5.74) is 0.582. The first kappa shape index (κ1) is 10.2. The van der Waals surface area contributed by atoms with Gasteiger partial charge >= 0.3 is 0 Å². The van der Waals surface area contributed by atoms with Crippen LogP contribution < -0.4 is 0 Å². The van der Waals surface area contributed by atoms with E-state index in [4.69, 9.17) is 0 Å². The van der Waals surface area contributed by atoms with Gasteiger partial charge in [-0.05, 0) is 59.7 Å². The molecule has 6 rings (SSSR count). The summed E-state index contributed by atoms with van der Waals surface area (Å²) in [5.74, 6) is 7.39. The molecule has 6 saturated carbocycles. The van der Waals surface area contributed by atoms with Crippen molar-refractivity contribution in [1.82, 2.24) is 0 Å². The predicted octanol–water partition coefficient (Wildman–Crippen LogP) is 2.73. The van der Waals surface area contributed by atoms with Crippen molar-refractivity contribution in [3.05, 3.63) is 0 Å². The molecule has 1 N–H and O–H groups in total. The van der Waals surface area contributed by atoms with Crippen LogP contribution in [0.25, 0.3) is 0 Å². The van der Waals surface area contributed by atoms with Gasteiger partial charge in [-0.1, -0.05) is 45.2 Å². The third kappa shape index (κ3) is 0.705. The molecule has 88 valence electrons. The molecule has 0 aromatic carbocycles. The average Bonchev–Trinajstić information content (AvgIpc) is 2.95. The highest BCUT2D eigenvalue weighted by Gasteiger charge is 2.87. The molecule has 0 aliphatic heterocycles. The van der Waals surface area contributed by atoms with Crippen LogP contribution in [0.5, 0.6) is 0 Å². The molecule has 6 fully saturated rings. The lowest BCUT2D eigenvalue weighted by Gasteiger charge is -2.42. The Labute approximate surface area is 123 Å². The highest BCUT2D eigenvalue weighted by atomic mass is 127. The van der Waals surface area contributed by atoms with Crippen LogP contribution in [-0.4, -0.2) is 19.6 Å². The Kier molecular flexibility index (Phi) is 1.78. The molecule has 0 saturated heterocycles. The first-order chi connectivity index (χ1) is 7.73. The Hall–Kier alpha value is 1.42. The molecule has 3 heteroatoms. The second kappa shape index (κ2) is 2.79. The van der Waals surface area contributed by atoms with Crippen LogP contribution >= 0.6 is 45.2 Å². The van der Waals surface area contributed by atoms with Gasteiger partial charge in [0.05, 0.1) is 0 Å². The van der Waals surface area contributed by atoms with Crippen LogP contribution in [0.2, 0.25) is 0 Å². The van der Waals surface area contributed by atoms with E-state index in [-0.39, 0.29) is 0 Å². The Morgan fingerprint density at radius 3 is 2.62 bits per heavy atom. The predicted molar refractivity (Wildman–Crippen MR) is 78.8 cm³/mol. The largest absolute Gasteiger partial charge is 0.396 e. The summed E-state index contributed by atoms with van der Waals surface area (Å²) in [7, 11) is 0. The van der Waals surface area contributed by atoms with Crippen molar-refractivity contribution in [3.8, 4) is 0 Å². The third-order valence-electron chi connectivity index (χ3n) is 7.11. The van der Waals surface area contributed by atoms with E-state index in [9.17, 15) is 5.11 Å². The van der Waals surface area contributed by atoms with Crippen molar-refractivity contribution in [3.63, 3.8) is 0 Å². The van der Waals surface area contributed by atoms with Crippen molar-refractivity contribution in [2.75, 3.05) is 6.61 Å². The van der Waals surface area contributed by atoms with Gasteiger partial charge in [0, 0.05) is 14.5 Å². The average molecular weight is 442 g/mol. The molecule has 0 radical (unpaired) electrons. The zero-order chi connectivity index (χ0) is 10.8. The number of aliphatic hydroxyl groups is 1. The number of alkyl halides is 2. The first-order valence-corrected chi connectivity index (χ1v) is 9.11. The van der Waals surface area contributed by atoms with Crippen LogP contribution in [0.1, 0.15) is 12.8 Å². The van der Waals surface area contributed by atoms with Crippen LogP contribution in [-0.2, 0) is 0 Å². The Morgan fingerprint density at radius 1 is 1.06 bits per heavy atom. The fourth-order valence-corrected chi connectivity index (χ4v) is 11.7. The minimum atomic E-state index is 0.430. The fourth-order valence-electron chi connectivity index (χ4n) is 7.38. The molecule has 0 heterocycles. The highest BCUT2D eigenvalue weighted by molar-refractivity contribution is 14.1. The van der Waals surface area contributed by atoms with Crippen LogP contribution in [0.15, 0.2) is 0 Å². The molecule has 0 aromatic heterocycles. The first-order valence-electron chi connectivity index (χ1n) is 6.62. The quantitative estimate of drug-likeness (QED) is 0.516. The van der Waals surface area contributed by atoms with Crippen molar-refractivity contribution >= 4 is 45.2 Å². The molecular formula is C13H16I2O. The van der Waals surface area contributed by atoms with E-state index in [2.05, 4.69) is 45.2 Å². The molecule has 6 bridgehead atoms. The Morgan fingerprint density at radius 2 is 1.88 bits per heavy atom. The zero-order valence-corrected chi connectivity index (χ0v) is 13.3. The maximum atomic E-state index is 9.50. The number of halogens is 2. The second-order valence-corrected chi connectivity index (χ2v) is 9.56. The molecule has 16 heavy (non-hydrogen) atoms. The lowest BCUT2D eigenvalue weighted by atomic mass is 9.62. The van der Waals surface area contributed by atoms with Crippen LogP contribution in [0, 0.1) is 46.8 Å². The molecule has 10 atom stereocenters. The van der Waals surface area contributed by atoms with Crippen LogP contribution in [0.4, 0.5) is 0 Å². The van der Waals surface area contributed by atoms with Gasteiger partial charge in [-0.25, -0.2) is 0 Å². The molecule has 0 spiro atoms. The van der Waals surface area contributed by atoms with E-state index in [0.29, 0.717) is 12.0 Å². The topological polar surface area (TPSA) is 20.2 Å². The van der Waals surface area contributed by atoms with Gasteiger partial charge in [0.15, 0.2) is 0 Å². The van der Waals surface area contributed by atoms with Gasteiger partial charge in [-0.3, -0.25) is 0 Å². The van der Waals surface area contributed by atoms with E-state index >= 15 is 0 Å². The van der Waals surface area contributed by atoms with E-state index in [0.717, 1.165) is 55.7 Å². The van der Waals surface area contributed by atoms with Crippen molar-refractivity contribution in [1.29, 1.82) is 0 Å². The Balaban J connectivity index is 1.76. The molecule has 0 amide bonds. The number of hydrogen-bond acceptors (Lipinski definition) is 1. The summed E-state index contributed by atoms with van der Waals surface area (Å²) in [5, 5.41) is 9.50. The molecule has 6 aliphatic carbocycles. The summed E-state index contributed by atoms with van der Waals surface area (Å²) in [4.78, 5) is 0. The van der Waals surface area contributed by atoms with Crippen molar-refractivity contribution in [2.24, 2.45) is 46.8 Å². The van der Waals surface area contributed by atoms with Gasteiger partial charge < -0.3 is 5.11 Å². The van der Waals surface area contributed by atoms with E-state index in [1.165, 1.54) is 0 Å². The number of rotatable bonds is 2. The normalized spacial score (nSPS) is 76.3. The fraction of sp³-hybridized carbons (Fsp3) is 1.00. The van der Waals surface area contributed by atoms with Gasteiger partial charge in [-0.15, -0.1) is 0 Å². The third-order valence-corrected chi connectivity index (χ3v) is 10.7. The lowest BCUT2D eigenvalue weighted by Crippen LogP contribution is -2.40. The Bertz CT molecular complexity index is 382. The minimum absolute atomic E-state index is 0.430. The summed E-state index contributed by atoms with van der Waals surface area (Å²) >= 11 is 5.55. The highest BCUT2D eigenvalue weighted by Crippen LogP contribution is 2.89. The number of hydrogen-bond donors (Lipinski definition) is 1. The molecule has 6 aliphatic rings. The van der Waals surface area contributed by atoms with Gasteiger partial charge in [-0.2, -0.15) is 0 Å². The van der Waals surface area contributed by atoms with E-state index in [1.807, 2.05) is 0 Å². The van der Waals surface area contributed by atoms with E-state index < -0.39 is 0 Å². The molecule has 1 nitrogen and oxygen atoms in total. The standard InChI is InChI=1S/C13H16I2O/c14-11-8-4-3-5-7-6(4)10(11)13(1-2-16,9(5)8)12(7)15/h4-12,16H,1-3H2/t4-,5+,6-,7-,8+,9-,10-,11-,12+,13-/m0/s1. The smallest absolute Gasteiger partial charge is 0.0436 e. The summed E-state index contributed by atoms with van der Waals surface area (Å²) in [6, 6.07) is 0. The summed E-state index contributed by atoms with van der Waals surface area (Å²) in [6.07, 6.45) is 2.68.